The maximum Gasteiger partial charge on any atom is 0.292 e. The van der Waals surface area contributed by atoms with E-state index in [9.17, 15) is 19.3 Å². The van der Waals surface area contributed by atoms with E-state index >= 15 is 0 Å². The van der Waals surface area contributed by atoms with Crippen LogP contribution >= 0.6 is 0 Å². The molecule has 0 atom stereocenters. The first kappa shape index (κ1) is 11.1. The Hall–Kier alpha value is -1.98. The van der Waals surface area contributed by atoms with E-state index < -0.39 is 17.4 Å². The van der Waals surface area contributed by atoms with Crippen molar-refractivity contribution in [1.82, 2.24) is 5.32 Å². The van der Waals surface area contributed by atoms with E-state index in [0.29, 0.717) is 5.56 Å². The Kier molecular flexibility index (Phi) is 3.73. The molecule has 0 radical (unpaired) electrons. The van der Waals surface area contributed by atoms with Gasteiger partial charge >= 0.3 is 0 Å². The number of carbonyl (C=O) groups excluding carboxylic acids is 1. The number of hydrogen-bond acceptors (Lipinski definition) is 3. The molecule has 5 nitrogen and oxygen atoms in total. The summed E-state index contributed by atoms with van der Waals surface area (Å²) in [7, 11) is 0. The van der Waals surface area contributed by atoms with Gasteiger partial charge in [-0.05, 0) is 17.7 Å². The molecule has 0 aromatic heterocycles. The molecule has 0 saturated heterocycles. The number of benzene rings is 1. The number of halogens is 1. The fourth-order valence-electron chi connectivity index (χ4n) is 0.976. The van der Waals surface area contributed by atoms with Crippen molar-refractivity contribution in [2.45, 2.75) is 6.54 Å². The van der Waals surface area contributed by atoms with Gasteiger partial charge < -0.3 is 5.32 Å². The van der Waals surface area contributed by atoms with Crippen LogP contribution < -0.4 is 5.32 Å². The molecule has 6 heteroatoms. The van der Waals surface area contributed by atoms with Gasteiger partial charge in [-0.25, -0.2) is 4.39 Å². The van der Waals surface area contributed by atoms with Crippen molar-refractivity contribution in [3.8, 4) is 0 Å². The van der Waals surface area contributed by atoms with Gasteiger partial charge in [0.1, 0.15) is 5.82 Å². The second kappa shape index (κ2) is 5.04. The fraction of sp³-hybridized carbons (Fsp3) is 0.222. The molecule has 15 heavy (non-hydrogen) atoms. The number of nitrogens with zero attached hydrogens (tertiary/aromatic N) is 1. The third kappa shape index (κ3) is 4.17. The standard InChI is InChI=1S/C9H9FN2O3/c10-8-3-1-7(2-4-8)5-11-9(13)6-12(14)15/h1-4H,5-6H2,(H,11,13). The van der Waals surface area contributed by atoms with E-state index in [1.165, 1.54) is 24.3 Å². The zero-order valence-corrected chi connectivity index (χ0v) is 7.77. The van der Waals surface area contributed by atoms with Gasteiger partial charge in [0.15, 0.2) is 0 Å². The molecule has 0 spiro atoms. The van der Waals surface area contributed by atoms with Crippen LogP contribution in [0.15, 0.2) is 24.3 Å². The second-order valence-corrected chi connectivity index (χ2v) is 2.89. The lowest BCUT2D eigenvalue weighted by Crippen LogP contribution is -2.29. The summed E-state index contributed by atoms with van der Waals surface area (Å²) in [5.74, 6) is -1.03. The smallest absolute Gasteiger partial charge is 0.292 e. The Labute approximate surface area is 85.1 Å². The van der Waals surface area contributed by atoms with Gasteiger partial charge in [0, 0.05) is 11.5 Å². The van der Waals surface area contributed by atoms with Crippen molar-refractivity contribution >= 4 is 5.91 Å². The molecule has 1 aromatic carbocycles. The predicted molar refractivity (Wildman–Crippen MR) is 50.1 cm³/mol. The number of carbonyl (C=O) groups is 1. The summed E-state index contributed by atoms with van der Waals surface area (Å²) in [6.45, 7) is -0.589. The normalized spacial score (nSPS) is 9.67. The zero-order chi connectivity index (χ0) is 11.3. The fourth-order valence-corrected chi connectivity index (χ4v) is 0.976. The summed E-state index contributed by atoms with van der Waals surface area (Å²) in [6, 6.07) is 5.52. The van der Waals surface area contributed by atoms with Gasteiger partial charge in [-0.3, -0.25) is 14.9 Å². The highest BCUT2D eigenvalue weighted by Crippen LogP contribution is 2.01. The predicted octanol–water partition coefficient (Wildman–Crippen LogP) is 0.719. The van der Waals surface area contributed by atoms with Crippen molar-refractivity contribution < 1.29 is 14.1 Å². The first-order chi connectivity index (χ1) is 7.08. The second-order valence-electron chi connectivity index (χ2n) is 2.89. The van der Waals surface area contributed by atoms with E-state index in [1.54, 1.807) is 0 Å². The van der Waals surface area contributed by atoms with Crippen molar-refractivity contribution in [3.63, 3.8) is 0 Å². The van der Waals surface area contributed by atoms with E-state index in [-0.39, 0.29) is 12.4 Å². The molecular formula is C9H9FN2O3. The lowest BCUT2D eigenvalue weighted by molar-refractivity contribution is -0.467. The van der Waals surface area contributed by atoms with E-state index in [0.717, 1.165) is 0 Å². The number of nitro groups is 1. The Morgan fingerprint density at radius 3 is 2.53 bits per heavy atom. The summed E-state index contributed by atoms with van der Waals surface area (Å²) in [4.78, 5) is 20.1. The summed E-state index contributed by atoms with van der Waals surface area (Å²) < 4.78 is 12.5. The molecule has 1 N–H and O–H groups in total. The molecule has 80 valence electrons. The van der Waals surface area contributed by atoms with Gasteiger partial charge in [0.2, 0.25) is 0 Å². The number of nitrogens with one attached hydrogen (secondary N) is 1. The van der Waals surface area contributed by atoms with Crippen LogP contribution in [0.4, 0.5) is 4.39 Å². The molecule has 0 saturated carbocycles. The van der Waals surface area contributed by atoms with Gasteiger partial charge in [-0.1, -0.05) is 12.1 Å². The molecule has 0 fully saturated rings. The SMILES string of the molecule is O=C(C[N+](=O)[O-])NCc1ccc(F)cc1. The summed E-state index contributed by atoms with van der Waals surface area (Å²) in [5.41, 5.74) is 0.688. The van der Waals surface area contributed by atoms with Crippen LogP contribution in [0, 0.1) is 15.9 Å². The van der Waals surface area contributed by atoms with Gasteiger partial charge in [0.05, 0.1) is 0 Å². The molecule has 1 rings (SSSR count). The van der Waals surface area contributed by atoms with Crippen molar-refractivity contribution in [1.29, 1.82) is 0 Å². The zero-order valence-electron chi connectivity index (χ0n) is 7.77. The Balaban J connectivity index is 2.40. The minimum Gasteiger partial charge on any atom is -0.346 e. The van der Waals surface area contributed by atoms with E-state index in [1.807, 2.05) is 0 Å². The summed E-state index contributed by atoms with van der Waals surface area (Å²) in [6.07, 6.45) is 0. The van der Waals surface area contributed by atoms with Crippen LogP contribution in [0.1, 0.15) is 5.56 Å². The molecule has 0 aliphatic carbocycles. The van der Waals surface area contributed by atoms with Crippen LogP contribution in [0.2, 0.25) is 0 Å². The van der Waals surface area contributed by atoms with Gasteiger partial charge in [-0.15, -0.1) is 0 Å². The average Bonchev–Trinajstić information content (AvgIpc) is 2.16. The lowest BCUT2D eigenvalue weighted by Gasteiger charge is -2.02. The largest absolute Gasteiger partial charge is 0.346 e. The molecule has 0 aliphatic heterocycles. The molecule has 0 aliphatic rings. The maximum absolute atomic E-state index is 12.5. The quantitative estimate of drug-likeness (QED) is 0.590. The van der Waals surface area contributed by atoms with Crippen molar-refractivity contribution in [2.24, 2.45) is 0 Å². The van der Waals surface area contributed by atoms with E-state index in [4.69, 9.17) is 0 Å². The molecule has 0 unspecified atom stereocenters. The van der Waals surface area contributed by atoms with Crippen LogP contribution in [0.5, 0.6) is 0 Å². The highest BCUT2D eigenvalue weighted by atomic mass is 19.1. The van der Waals surface area contributed by atoms with Crippen molar-refractivity contribution in [2.75, 3.05) is 6.54 Å². The Bertz CT molecular complexity index is 364. The first-order valence-electron chi connectivity index (χ1n) is 4.21. The van der Waals surface area contributed by atoms with Crippen LogP contribution in [0.25, 0.3) is 0 Å². The highest BCUT2D eigenvalue weighted by molar-refractivity contribution is 5.76. The van der Waals surface area contributed by atoms with Crippen LogP contribution in [-0.4, -0.2) is 17.4 Å². The van der Waals surface area contributed by atoms with Crippen LogP contribution in [-0.2, 0) is 11.3 Å². The molecule has 1 amide bonds. The molecule has 0 bridgehead atoms. The Morgan fingerprint density at radius 1 is 1.40 bits per heavy atom. The monoisotopic (exact) mass is 212 g/mol. The summed E-state index contributed by atoms with van der Waals surface area (Å²) >= 11 is 0. The number of rotatable bonds is 4. The van der Waals surface area contributed by atoms with Crippen molar-refractivity contribution in [3.05, 3.63) is 45.8 Å². The first-order valence-corrected chi connectivity index (χ1v) is 4.21. The molecule has 1 aromatic rings. The highest BCUT2D eigenvalue weighted by Gasteiger charge is 2.07. The molecular weight excluding hydrogens is 203 g/mol. The average molecular weight is 212 g/mol. The minimum absolute atomic E-state index is 0.160. The number of amides is 1. The topological polar surface area (TPSA) is 72.2 Å². The third-order valence-corrected chi connectivity index (χ3v) is 1.68. The maximum atomic E-state index is 12.5. The summed E-state index contributed by atoms with van der Waals surface area (Å²) in [5, 5.41) is 12.3. The number of hydrogen-bond donors (Lipinski definition) is 1. The molecule has 0 heterocycles. The minimum atomic E-state index is -0.749. The van der Waals surface area contributed by atoms with Crippen LogP contribution in [0.3, 0.4) is 0 Å². The van der Waals surface area contributed by atoms with Gasteiger partial charge in [-0.2, -0.15) is 0 Å². The third-order valence-electron chi connectivity index (χ3n) is 1.68. The van der Waals surface area contributed by atoms with E-state index in [2.05, 4.69) is 5.32 Å². The lowest BCUT2D eigenvalue weighted by atomic mass is 10.2. The Morgan fingerprint density at radius 2 is 2.00 bits per heavy atom. The van der Waals surface area contributed by atoms with Gasteiger partial charge in [0.25, 0.3) is 12.5 Å².